The molecule has 0 aromatic heterocycles. The second-order valence-corrected chi connectivity index (χ2v) is 5.98. The van der Waals surface area contributed by atoms with Crippen LogP contribution in [0, 0.1) is 19.3 Å². The molecule has 5 heteroatoms. The number of terminal acetylenes is 1. The quantitative estimate of drug-likeness (QED) is 0.622. The molecule has 0 bridgehead atoms. The lowest BCUT2D eigenvalue weighted by molar-refractivity contribution is -0.122. The van der Waals surface area contributed by atoms with Gasteiger partial charge >= 0.3 is 0 Å². The van der Waals surface area contributed by atoms with Gasteiger partial charge in [0.1, 0.15) is 0 Å². The van der Waals surface area contributed by atoms with E-state index < -0.39 is 15.9 Å². The number of hydrogen-bond donors (Lipinski definition) is 0. The molecule has 0 heterocycles. The van der Waals surface area contributed by atoms with Crippen molar-refractivity contribution >= 4 is 15.9 Å². The summed E-state index contributed by atoms with van der Waals surface area (Å²) < 4.78 is 25.3. The molecule has 0 aliphatic carbocycles. The van der Waals surface area contributed by atoms with E-state index in [0.29, 0.717) is 4.31 Å². The van der Waals surface area contributed by atoms with Crippen molar-refractivity contribution in [1.82, 2.24) is 4.31 Å². The van der Waals surface area contributed by atoms with Gasteiger partial charge in [0.25, 0.3) is 15.9 Å². The summed E-state index contributed by atoms with van der Waals surface area (Å²) in [5.74, 6) is 1.48. The van der Waals surface area contributed by atoms with Gasteiger partial charge in [-0.1, -0.05) is 30.2 Å². The zero-order valence-corrected chi connectivity index (χ0v) is 11.7. The smallest absolute Gasteiger partial charge is 0.267 e. The van der Waals surface area contributed by atoms with Gasteiger partial charge in [0.2, 0.25) is 0 Å². The summed E-state index contributed by atoms with van der Waals surface area (Å²) in [6, 6.07) is 6.21. The van der Waals surface area contributed by atoms with Crippen molar-refractivity contribution in [2.75, 3.05) is 6.54 Å². The molecule has 0 unspecified atom stereocenters. The van der Waals surface area contributed by atoms with Crippen LogP contribution >= 0.6 is 0 Å². The van der Waals surface area contributed by atoms with E-state index in [4.69, 9.17) is 6.42 Å². The van der Waals surface area contributed by atoms with Gasteiger partial charge < -0.3 is 0 Å². The maximum atomic E-state index is 12.3. The zero-order valence-electron chi connectivity index (χ0n) is 10.9. The topological polar surface area (TPSA) is 54.5 Å². The van der Waals surface area contributed by atoms with Crippen LogP contribution in [0.15, 0.2) is 41.3 Å². The van der Waals surface area contributed by atoms with Crippen LogP contribution < -0.4 is 0 Å². The second kappa shape index (κ2) is 5.72. The Morgan fingerprint density at radius 1 is 1.37 bits per heavy atom. The molecule has 19 heavy (non-hydrogen) atoms. The average molecular weight is 277 g/mol. The Labute approximate surface area is 113 Å². The Morgan fingerprint density at radius 2 is 1.89 bits per heavy atom. The minimum Gasteiger partial charge on any atom is -0.268 e. The molecule has 0 aliphatic rings. The number of sulfonamides is 1. The highest BCUT2D eigenvalue weighted by Crippen LogP contribution is 2.17. The van der Waals surface area contributed by atoms with Crippen molar-refractivity contribution in [3.8, 4) is 12.3 Å². The van der Waals surface area contributed by atoms with Gasteiger partial charge in [-0.3, -0.25) is 4.79 Å². The first-order valence-corrected chi connectivity index (χ1v) is 6.97. The largest absolute Gasteiger partial charge is 0.268 e. The molecule has 1 rings (SSSR count). The third-order valence-corrected chi connectivity index (χ3v) is 4.18. The molecule has 1 amide bonds. The number of amides is 1. The van der Waals surface area contributed by atoms with E-state index in [-0.39, 0.29) is 17.0 Å². The monoisotopic (exact) mass is 277 g/mol. The summed E-state index contributed by atoms with van der Waals surface area (Å²) in [6.45, 7) is 6.42. The lowest BCUT2D eigenvalue weighted by Crippen LogP contribution is -2.37. The molecule has 1 aromatic carbocycles. The average Bonchev–Trinajstić information content (AvgIpc) is 2.35. The van der Waals surface area contributed by atoms with Gasteiger partial charge in [0.15, 0.2) is 0 Å². The first-order valence-electron chi connectivity index (χ1n) is 5.53. The fourth-order valence-corrected chi connectivity index (χ4v) is 2.75. The fraction of sp³-hybridized carbons (Fsp3) is 0.214. The third kappa shape index (κ3) is 3.24. The van der Waals surface area contributed by atoms with Crippen molar-refractivity contribution < 1.29 is 13.2 Å². The highest BCUT2D eigenvalue weighted by molar-refractivity contribution is 7.89. The van der Waals surface area contributed by atoms with Crippen molar-refractivity contribution in [2.24, 2.45) is 0 Å². The van der Waals surface area contributed by atoms with E-state index in [0.717, 1.165) is 5.56 Å². The van der Waals surface area contributed by atoms with Gasteiger partial charge in [0, 0.05) is 5.57 Å². The van der Waals surface area contributed by atoms with E-state index in [2.05, 4.69) is 12.5 Å². The number of rotatable bonds is 4. The Hall–Kier alpha value is -2.06. The Morgan fingerprint density at radius 3 is 2.32 bits per heavy atom. The number of aryl methyl sites for hydroxylation is 1. The fourth-order valence-electron chi connectivity index (χ4n) is 1.40. The predicted octanol–water partition coefficient (Wildman–Crippen LogP) is 1.72. The van der Waals surface area contributed by atoms with Crippen LogP contribution in [-0.2, 0) is 14.8 Å². The highest BCUT2D eigenvalue weighted by Gasteiger charge is 2.28. The van der Waals surface area contributed by atoms with E-state index >= 15 is 0 Å². The summed E-state index contributed by atoms with van der Waals surface area (Å²) in [5.41, 5.74) is 1.04. The Kier molecular flexibility index (Phi) is 4.52. The Bertz CT molecular complexity index is 636. The van der Waals surface area contributed by atoms with Gasteiger partial charge in [-0.25, -0.2) is 12.7 Å². The van der Waals surface area contributed by atoms with Crippen LogP contribution in [0.1, 0.15) is 12.5 Å². The van der Waals surface area contributed by atoms with Crippen LogP contribution in [0.4, 0.5) is 0 Å². The lowest BCUT2D eigenvalue weighted by atomic mass is 10.2. The molecule has 0 atom stereocenters. The summed E-state index contributed by atoms with van der Waals surface area (Å²) in [4.78, 5) is 11.9. The van der Waals surface area contributed by atoms with E-state index in [1.165, 1.54) is 19.1 Å². The van der Waals surface area contributed by atoms with Crippen LogP contribution in [0.25, 0.3) is 0 Å². The van der Waals surface area contributed by atoms with Crippen molar-refractivity contribution in [3.05, 3.63) is 42.0 Å². The second-order valence-electron chi connectivity index (χ2n) is 4.11. The number of nitrogens with zero attached hydrogens (tertiary/aromatic N) is 1. The van der Waals surface area contributed by atoms with E-state index in [1.807, 2.05) is 6.92 Å². The van der Waals surface area contributed by atoms with Crippen LogP contribution in [0.5, 0.6) is 0 Å². The van der Waals surface area contributed by atoms with Gasteiger partial charge in [0.05, 0.1) is 11.4 Å². The van der Waals surface area contributed by atoms with Crippen molar-refractivity contribution in [1.29, 1.82) is 0 Å². The molecule has 0 fully saturated rings. The SMILES string of the molecule is C#CCN(C(=O)C(=C)C)S(=O)(=O)c1ccc(C)cc1. The summed E-state index contributed by atoms with van der Waals surface area (Å²) in [6.07, 6.45) is 5.13. The predicted molar refractivity (Wildman–Crippen MR) is 73.7 cm³/mol. The van der Waals surface area contributed by atoms with Crippen molar-refractivity contribution in [2.45, 2.75) is 18.7 Å². The molecular formula is C14H15NO3S. The number of hydrogen-bond acceptors (Lipinski definition) is 3. The molecule has 0 spiro atoms. The normalized spacial score (nSPS) is 10.6. The van der Waals surface area contributed by atoms with Crippen LogP contribution in [0.2, 0.25) is 0 Å². The number of benzene rings is 1. The first-order chi connectivity index (χ1) is 8.80. The molecule has 100 valence electrons. The molecule has 0 radical (unpaired) electrons. The van der Waals surface area contributed by atoms with Gasteiger partial charge in [-0.2, -0.15) is 0 Å². The molecule has 0 saturated carbocycles. The third-order valence-electron chi connectivity index (χ3n) is 2.44. The minimum absolute atomic E-state index is 0.0305. The Balaban J connectivity index is 3.28. The van der Waals surface area contributed by atoms with Crippen molar-refractivity contribution in [3.63, 3.8) is 0 Å². The van der Waals surface area contributed by atoms with Crippen LogP contribution in [0.3, 0.4) is 0 Å². The standard InChI is InChI=1S/C14H15NO3S/c1-5-10-15(14(16)11(2)3)19(17,18)13-8-6-12(4)7-9-13/h1,6-9H,2,10H2,3-4H3. The summed E-state index contributed by atoms with van der Waals surface area (Å²) in [7, 11) is -3.94. The maximum Gasteiger partial charge on any atom is 0.267 e. The molecule has 0 saturated heterocycles. The molecular weight excluding hydrogens is 262 g/mol. The molecule has 0 aliphatic heterocycles. The first kappa shape index (κ1) is 15.0. The minimum atomic E-state index is -3.94. The lowest BCUT2D eigenvalue weighted by Gasteiger charge is -2.20. The molecule has 1 aromatic rings. The zero-order chi connectivity index (χ0) is 14.6. The number of carbonyl (C=O) groups excluding carboxylic acids is 1. The molecule has 4 nitrogen and oxygen atoms in total. The van der Waals surface area contributed by atoms with Gasteiger partial charge in [-0.15, -0.1) is 6.42 Å². The maximum absolute atomic E-state index is 12.3. The highest BCUT2D eigenvalue weighted by atomic mass is 32.2. The van der Waals surface area contributed by atoms with E-state index in [9.17, 15) is 13.2 Å². The summed E-state index contributed by atoms with van der Waals surface area (Å²) >= 11 is 0. The molecule has 0 N–H and O–H groups in total. The van der Waals surface area contributed by atoms with E-state index in [1.54, 1.807) is 12.1 Å². The van der Waals surface area contributed by atoms with Gasteiger partial charge in [-0.05, 0) is 26.0 Å². The summed E-state index contributed by atoms with van der Waals surface area (Å²) in [5, 5.41) is 0. The van der Waals surface area contributed by atoms with Crippen LogP contribution in [-0.4, -0.2) is 25.2 Å². The number of carbonyl (C=O) groups is 1.